The van der Waals surface area contributed by atoms with E-state index in [1.807, 2.05) is 15.8 Å². The van der Waals surface area contributed by atoms with E-state index in [2.05, 4.69) is 41.8 Å². The first-order chi connectivity index (χ1) is 14.2. The van der Waals surface area contributed by atoms with Crippen LogP contribution in [-0.2, 0) is 23.3 Å². The minimum atomic E-state index is -0.291. The molecule has 2 aromatic rings. The fraction of sp³-hybridized carbons (Fsp3) is 0.455. The summed E-state index contributed by atoms with van der Waals surface area (Å²) >= 11 is 3.33. The molecular weight excluding hydrogens is 448 g/mol. The maximum Gasteiger partial charge on any atom is 0.261 e. The van der Waals surface area contributed by atoms with Crippen LogP contribution < -0.4 is 0 Å². The third-order valence-electron chi connectivity index (χ3n) is 5.63. The fourth-order valence-electron chi connectivity index (χ4n) is 4.14. The summed E-state index contributed by atoms with van der Waals surface area (Å²) in [5.41, 5.74) is 3.05. The number of halogens is 1. The molecule has 0 aliphatic carbocycles. The lowest BCUT2D eigenvalue weighted by molar-refractivity contribution is -0.132. The largest absolute Gasteiger partial charge is 0.338 e. The summed E-state index contributed by atoms with van der Waals surface area (Å²) in [6.45, 7) is 7.83. The van der Waals surface area contributed by atoms with Gasteiger partial charge in [0.25, 0.3) is 11.8 Å². The minimum Gasteiger partial charge on any atom is -0.338 e. The van der Waals surface area contributed by atoms with E-state index >= 15 is 0 Å². The molecule has 0 N–H and O–H groups in total. The standard InChI is InChI=1S/C22H25BrN4O3/c1-22(2,3)27-18-8-10-25(13-14(18)12-24-27)19(28)5-4-9-26-20(29)16-7-6-15(23)11-17(16)21(26)30/h6-7,11-12H,4-5,8-10,13H2,1-3H3. The van der Waals surface area contributed by atoms with Crippen molar-refractivity contribution in [1.82, 2.24) is 19.6 Å². The molecule has 0 fully saturated rings. The van der Waals surface area contributed by atoms with Crippen LogP contribution in [-0.4, -0.2) is 50.4 Å². The number of amides is 3. The lowest BCUT2D eigenvalue weighted by Gasteiger charge is -2.30. The second-order valence-electron chi connectivity index (χ2n) is 8.82. The van der Waals surface area contributed by atoms with E-state index in [0.717, 1.165) is 16.5 Å². The van der Waals surface area contributed by atoms with Crippen LogP contribution in [0.3, 0.4) is 0 Å². The molecule has 7 nitrogen and oxygen atoms in total. The number of benzene rings is 1. The summed E-state index contributed by atoms with van der Waals surface area (Å²) in [5.74, 6) is -0.531. The normalized spacial score (nSPS) is 16.1. The van der Waals surface area contributed by atoms with Crippen LogP contribution in [0.25, 0.3) is 0 Å². The fourth-order valence-corrected chi connectivity index (χ4v) is 4.50. The highest BCUT2D eigenvalue weighted by atomic mass is 79.9. The van der Waals surface area contributed by atoms with E-state index in [-0.39, 0.29) is 29.8 Å². The SMILES string of the molecule is CC(C)(C)n1ncc2c1CCN(C(=O)CCCN1C(=O)c3ccc(Br)cc3C1=O)C2. The Balaban J connectivity index is 1.34. The molecule has 0 bridgehead atoms. The summed E-state index contributed by atoms with van der Waals surface area (Å²) in [6.07, 6.45) is 3.40. The molecule has 0 radical (unpaired) electrons. The number of rotatable bonds is 4. The molecule has 158 valence electrons. The highest BCUT2D eigenvalue weighted by molar-refractivity contribution is 9.10. The molecule has 0 saturated carbocycles. The molecule has 0 spiro atoms. The van der Waals surface area contributed by atoms with Crippen LogP contribution in [0, 0.1) is 0 Å². The summed E-state index contributed by atoms with van der Waals surface area (Å²) < 4.78 is 2.81. The maximum atomic E-state index is 12.7. The van der Waals surface area contributed by atoms with E-state index < -0.39 is 0 Å². The van der Waals surface area contributed by atoms with Gasteiger partial charge in [-0.15, -0.1) is 0 Å². The lowest BCUT2D eigenvalue weighted by atomic mass is 10.0. The Morgan fingerprint density at radius 3 is 2.63 bits per heavy atom. The Bertz CT molecular complexity index is 1040. The van der Waals surface area contributed by atoms with Gasteiger partial charge in [-0.1, -0.05) is 15.9 Å². The Kier molecular flexibility index (Phi) is 5.30. The number of fused-ring (bicyclic) bond motifs is 2. The average Bonchev–Trinajstić information content (AvgIpc) is 3.22. The molecular formula is C22H25BrN4O3. The molecule has 3 amide bonds. The van der Waals surface area contributed by atoms with Crippen LogP contribution >= 0.6 is 15.9 Å². The zero-order chi connectivity index (χ0) is 21.6. The number of carbonyl (C=O) groups is 3. The van der Waals surface area contributed by atoms with E-state index in [1.54, 1.807) is 18.2 Å². The molecule has 0 atom stereocenters. The average molecular weight is 473 g/mol. The smallest absolute Gasteiger partial charge is 0.261 e. The van der Waals surface area contributed by atoms with Gasteiger partial charge in [0.15, 0.2) is 0 Å². The van der Waals surface area contributed by atoms with E-state index in [9.17, 15) is 14.4 Å². The summed E-state index contributed by atoms with van der Waals surface area (Å²) in [6, 6.07) is 5.08. The third kappa shape index (κ3) is 3.69. The number of hydrogen-bond acceptors (Lipinski definition) is 4. The Morgan fingerprint density at radius 1 is 1.17 bits per heavy atom. The van der Waals surface area contributed by atoms with Crippen LogP contribution in [0.4, 0.5) is 0 Å². The minimum absolute atomic E-state index is 0.0449. The van der Waals surface area contributed by atoms with E-state index in [4.69, 9.17) is 0 Å². The first-order valence-electron chi connectivity index (χ1n) is 10.2. The van der Waals surface area contributed by atoms with Gasteiger partial charge >= 0.3 is 0 Å². The second kappa shape index (κ2) is 7.65. The van der Waals surface area contributed by atoms with Crippen LogP contribution in [0.2, 0.25) is 0 Å². The van der Waals surface area contributed by atoms with Crippen LogP contribution in [0.1, 0.15) is 65.6 Å². The van der Waals surface area contributed by atoms with Gasteiger partial charge in [0.1, 0.15) is 0 Å². The molecule has 3 heterocycles. The van der Waals surface area contributed by atoms with Crippen molar-refractivity contribution in [3.05, 3.63) is 51.3 Å². The van der Waals surface area contributed by atoms with Gasteiger partial charge in [-0.05, 0) is 45.4 Å². The predicted molar refractivity (Wildman–Crippen MR) is 115 cm³/mol. The van der Waals surface area contributed by atoms with Crippen LogP contribution in [0.15, 0.2) is 28.9 Å². The maximum absolute atomic E-state index is 12.7. The van der Waals surface area contributed by atoms with Crippen molar-refractivity contribution >= 4 is 33.7 Å². The van der Waals surface area contributed by atoms with Crippen molar-refractivity contribution in [2.75, 3.05) is 13.1 Å². The van der Waals surface area contributed by atoms with Gasteiger partial charge in [0.2, 0.25) is 5.91 Å². The number of imide groups is 1. The monoisotopic (exact) mass is 472 g/mol. The molecule has 1 aromatic carbocycles. The molecule has 8 heteroatoms. The van der Waals surface area contributed by atoms with Gasteiger partial charge in [0.05, 0.1) is 22.9 Å². The van der Waals surface area contributed by atoms with Crippen molar-refractivity contribution in [2.45, 2.75) is 52.1 Å². The highest BCUT2D eigenvalue weighted by Gasteiger charge is 2.35. The van der Waals surface area contributed by atoms with Crippen molar-refractivity contribution in [1.29, 1.82) is 0 Å². The number of aromatic nitrogens is 2. The van der Waals surface area contributed by atoms with Gasteiger partial charge in [-0.25, -0.2) is 0 Å². The Morgan fingerprint density at radius 2 is 1.90 bits per heavy atom. The zero-order valence-corrected chi connectivity index (χ0v) is 19.0. The molecule has 4 rings (SSSR count). The first kappa shape index (κ1) is 20.8. The van der Waals surface area contributed by atoms with Crippen molar-refractivity contribution in [2.24, 2.45) is 0 Å². The molecule has 30 heavy (non-hydrogen) atoms. The van der Waals surface area contributed by atoms with E-state index in [0.29, 0.717) is 37.1 Å². The molecule has 1 aromatic heterocycles. The third-order valence-corrected chi connectivity index (χ3v) is 6.12. The summed E-state index contributed by atoms with van der Waals surface area (Å²) in [5, 5.41) is 4.51. The molecule has 2 aliphatic heterocycles. The van der Waals surface area contributed by atoms with Gasteiger partial charge in [0, 0.05) is 48.2 Å². The predicted octanol–water partition coefficient (Wildman–Crippen LogP) is 3.36. The summed E-state index contributed by atoms with van der Waals surface area (Å²) in [7, 11) is 0. The van der Waals surface area contributed by atoms with Crippen molar-refractivity contribution in [3.63, 3.8) is 0 Å². The quantitative estimate of drug-likeness (QED) is 0.639. The zero-order valence-electron chi connectivity index (χ0n) is 17.4. The lowest BCUT2D eigenvalue weighted by Crippen LogP contribution is -2.38. The van der Waals surface area contributed by atoms with Gasteiger partial charge < -0.3 is 4.90 Å². The van der Waals surface area contributed by atoms with Crippen molar-refractivity contribution in [3.8, 4) is 0 Å². The number of nitrogens with zero attached hydrogens (tertiary/aromatic N) is 4. The van der Waals surface area contributed by atoms with Gasteiger partial charge in [-0.3, -0.25) is 24.0 Å². The Hall–Kier alpha value is -2.48. The molecule has 2 aliphatic rings. The topological polar surface area (TPSA) is 75.5 Å². The Labute approximate surface area is 184 Å². The molecule has 0 saturated heterocycles. The second-order valence-corrected chi connectivity index (χ2v) is 9.74. The number of hydrogen-bond donors (Lipinski definition) is 0. The van der Waals surface area contributed by atoms with Crippen LogP contribution in [0.5, 0.6) is 0 Å². The van der Waals surface area contributed by atoms with Crippen molar-refractivity contribution < 1.29 is 14.4 Å². The summed E-state index contributed by atoms with van der Waals surface area (Å²) in [4.78, 5) is 40.8. The van der Waals surface area contributed by atoms with Gasteiger partial charge in [-0.2, -0.15) is 5.10 Å². The van der Waals surface area contributed by atoms with E-state index in [1.165, 1.54) is 10.6 Å². The first-order valence-corrected chi connectivity index (χ1v) is 11.0. The molecule has 0 unspecified atom stereocenters. The number of carbonyl (C=O) groups excluding carboxylic acids is 3. The highest BCUT2D eigenvalue weighted by Crippen LogP contribution is 2.27.